The van der Waals surface area contributed by atoms with E-state index < -0.39 is 15.4 Å². The van der Waals surface area contributed by atoms with Crippen molar-refractivity contribution in [1.82, 2.24) is 0 Å². The van der Waals surface area contributed by atoms with Crippen LogP contribution in [0.15, 0.2) is 60.0 Å². The van der Waals surface area contributed by atoms with Crippen LogP contribution in [0.5, 0.6) is 11.5 Å². The fraction of sp³-hybridized carbons (Fsp3) is 0.318. The van der Waals surface area contributed by atoms with Crippen LogP contribution in [-0.2, 0) is 14.8 Å². The summed E-state index contributed by atoms with van der Waals surface area (Å²) in [6.45, 7) is 10.2. The molecule has 2 aromatic rings. The van der Waals surface area contributed by atoms with Gasteiger partial charge in [0.05, 0.1) is 28.3 Å². The summed E-state index contributed by atoms with van der Waals surface area (Å²) in [5.74, 6) is 0.993. The van der Waals surface area contributed by atoms with Gasteiger partial charge in [0.25, 0.3) is 10.0 Å². The average Bonchev–Trinajstić information content (AvgIpc) is 2.79. The zero-order valence-corrected chi connectivity index (χ0v) is 18.2. The van der Waals surface area contributed by atoms with Crippen LogP contribution in [0.25, 0.3) is 0 Å². The zero-order chi connectivity index (χ0) is 21.9. The molecule has 1 aliphatic heterocycles. The normalized spacial score (nSPS) is 15.6. The van der Waals surface area contributed by atoms with E-state index >= 15 is 0 Å². The molecular formula is C22H26N2O5S. The Bertz CT molecular complexity index is 1050. The Morgan fingerprint density at radius 2 is 1.93 bits per heavy atom. The molecule has 8 heteroatoms. The second kappa shape index (κ2) is 8.39. The summed E-state index contributed by atoms with van der Waals surface area (Å²) >= 11 is 0. The minimum Gasteiger partial charge on any atom is -0.494 e. The smallest absolute Gasteiger partial charge is 0.261 e. The summed E-state index contributed by atoms with van der Waals surface area (Å²) < 4.78 is 39.4. The summed E-state index contributed by atoms with van der Waals surface area (Å²) in [6.07, 6.45) is 1.62. The van der Waals surface area contributed by atoms with Crippen molar-refractivity contribution in [3.05, 3.63) is 55.1 Å². The number of carbonyl (C=O) groups is 1. The second-order valence-electron chi connectivity index (χ2n) is 7.57. The highest BCUT2D eigenvalue weighted by Gasteiger charge is 2.37. The van der Waals surface area contributed by atoms with Gasteiger partial charge in [-0.1, -0.05) is 6.08 Å². The number of amides is 1. The highest BCUT2D eigenvalue weighted by atomic mass is 32.2. The number of ether oxygens (including phenoxy) is 2. The maximum Gasteiger partial charge on any atom is 0.261 e. The highest BCUT2D eigenvalue weighted by molar-refractivity contribution is 7.92. The number of hydrogen-bond donors (Lipinski definition) is 1. The third kappa shape index (κ3) is 4.43. The van der Waals surface area contributed by atoms with E-state index in [4.69, 9.17) is 9.47 Å². The number of rotatable bonds is 7. The lowest BCUT2D eigenvalue weighted by molar-refractivity contribution is -0.127. The van der Waals surface area contributed by atoms with E-state index in [1.165, 1.54) is 12.1 Å². The van der Waals surface area contributed by atoms with E-state index in [-0.39, 0.29) is 24.0 Å². The number of sulfonamides is 1. The predicted octanol–water partition coefficient (Wildman–Crippen LogP) is 3.82. The van der Waals surface area contributed by atoms with Gasteiger partial charge in [0.1, 0.15) is 18.1 Å². The third-order valence-corrected chi connectivity index (χ3v) is 6.07. The molecule has 0 saturated carbocycles. The number of carbonyl (C=O) groups excluding carboxylic acids is 1. The Morgan fingerprint density at radius 3 is 2.57 bits per heavy atom. The number of fused-ring (bicyclic) bond motifs is 1. The molecule has 30 heavy (non-hydrogen) atoms. The quantitative estimate of drug-likeness (QED) is 0.675. The van der Waals surface area contributed by atoms with E-state index in [0.29, 0.717) is 29.5 Å². The number of benzene rings is 2. The second-order valence-corrected chi connectivity index (χ2v) is 9.25. The molecule has 0 aliphatic carbocycles. The molecule has 7 nitrogen and oxygen atoms in total. The van der Waals surface area contributed by atoms with Gasteiger partial charge in [-0.3, -0.25) is 9.52 Å². The van der Waals surface area contributed by atoms with E-state index in [2.05, 4.69) is 11.3 Å². The molecule has 2 aromatic carbocycles. The van der Waals surface area contributed by atoms with Gasteiger partial charge in [-0.2, -0.15) is 0 Å². The molecule has 3 rings (SSSR count). The highest BCUT2D eigenvalue weighted by Crippen LogP contribution is 2.38. The molecule has 1 heterocycles. The van der Waals surface area contributed by atoms with E-state index in [1.54, 1.807) is 41.3 Å². The molecular weight excluding hydrogens is 404 g/mol. The monoisotopic (exact) mass is 430 g/mol. The topological polar surface area (TPSA) is 84.9 Å². The summed E-state index contributed by atoms with van der Waals surface area (Å²) in [5.41, 5.74) is 0.106. The molecule has 0 saturated heterocycles. The fourth-order valence-corrected chi connectivity index (χ4v) is 4.16. The van der Waals surface area contributed by atoms with Crippen LogP contribution in [-0.4, -0.2) is 34.1 Å². The first kappa shape index (κ1) is 21.7. The molecule has 1 aliphatic rings. The van der Waals surface area contributed by atoms with Gasteiger partial charge in [0.2, 0.25) is 5.91 Å². The Morgan fingerprint density at radius 1 is 1.23 bits per heavy atom. The Balaban J connectivity index is 1.92. The van der Waals surface area contributed by atoms with Crippen LogP contribution in [0.1, 0.15) is 20.8 Å². The Hall–Kier alpha value is -3.00. The number of hydrogen-bond acceptors (Lipinski definition) is 5. The lowest BCUT2D eigenvalue weighted by atomic mass is 9.93. The first-order valence-electron chi connectivity index (χ1n) is 9.63. The first-order valence-corrected chi connectivity index (χ1v) is 11.1. The van der Waals surface area contributed by atoms with Crippen LogP contribution in [0.4, 0.5) is 11.4 Å². The summed E-state index contributed by atoms with van der Waals surface area (Å²) in [6, 6.07) is 11.1. The average molecular weight is 431 g/mol. The van der Waals surface area contributed by atoms with Crippen molar-refractivity contribution in [1.29, 1.82) is 0 Å². The largest absolute Gasteiger partial charge is 0.494 e. The number of anilines is 2. The van der Waals surface area contributed by atoms with Crippen molar-refractivity contribution in [3.63, 3.8) is 0 Å². The minimum absolute atomic E-state index is 0.109. The Kier molecular flexibility index (Phi) is 6.07. The molecule has 0 bridgehead atoms. The molecule has 0 fully saturated rings. The maximum atomic E-state index is 13.0. The van der Waals surface area contributed by atoms with E-state index in [0.717, 1.165) is 0 Å². The van der Waals surface area contributed by atoms with Crippen LogP contribution < -0.4 is 19.1 Å². The van der Waals surface area contributed by atoms with Crippen molar-refractivity contribution in [2.24, 2.45) is 5.41 Å². The standard InChI is InChI=1S/C22H26N2O5S/c1-5-13-24-19-14-16(7-12-20(19)29-15-22(3,4)21(24)25)23-30(26,27)18-10-8-17(9-11-18)28-6-2/h5,7-12,14,23H,1,6,13,15H2,2-4H3. The molecule has 160 valence electrons. The molecule has 0 atom stereocenters. The summed E-state index contributed by atoms with van der Waals surface area (Å²) in [4.78, 5) is 14.6. The van der Waals surface area contributed by atoms with Gasteiger partial charge in [0, 0.05) is 6.54 Å². The van der Waals surface area contributed by atoms with Gasteiger partial charge in [0.15, 0.2) is 0 Å². The first-order chi connectivity index (χ1) is 14.2. The molecule has 1 amide bonds. The van der Waals surface area contributed by atoms with Crippen molar-refractivity contribution in [2.75, 3.05) is 29.4 Å². The van der Waals surface area contributed by atoms with Crippen LogP contribution in [0.3, 0.4) is 0 Å². The Labute approximate surface area is 177 Å². The van der Waals surface area contributed by atoms with Crippen LogP contribution >= 0.6 is 0 Å². The lowest BCUT2D eigenvalue weighted by Crippen LogP contribution is -2.42. The molecule has 0 aromatic heterocycles. The van der Waals surface area contributed by atoms with Crippen molar-refractivity contribution in [2.45, 2.75) is 25.7 Å². The predicted molar refractivity (Wildman–Crippen MR) is 117 cm³/mol. The molecule has 0 radical (unpaired) electrons. The van der Waals surface area contributed by atoms with Gasteiger partial charge < -0.3 is 14.4 Å². The van der Waals surface area contributed by atoms with E-state index in [9.17, 15) is 13.2 Å². The van der Waals surface area contributed by atoms with Crippen LogP contribution in [0.2, 0.25) is 0 Å². The van der Waals surface area contributed by atoms with Gasteiger partial charge in [-0.05, 0) is 63.2 Å². The zero-order valence-electron chi connectivity index (χ0n) is 17.3. The lowest BCUT2D eigenvalue weighted by Gasteiger charge is -2.27. The third-order valence-electron chi connectivity index (χ3n) is 4.67. The molecule has 0 unspecified atom stereocenters. The summed E-state index contributed by atoms with van der Waals surface area (Å²) in [7, 11) is -3.82. The maximum absolute atomic E-state index is 13.0. The van der Waals surface area contributed by atoms with Crippen molar-refractivity contribution < 1.29 is 22.7 Å². The van der Waals surface area contributed by atoms with Gasteiger partial charge in [-0.15, -0.1) is 6.58 Å². The van der Waals surface area contributed by atoms with Crippen LogP contribution in [0, 0.1) is 5.41 Å². The number of nitrogens with one attached hydrogen (secondary N) is 1. The van der Waals surface area contributed by atoms with Crippen molar-refractivity contribution in [3.8, 4) is 11.5 Å². The minimum atomic E-state index is -3.82. The van der Waals surface area contributed by atoms with Gasteiger partial charge in [-0.25, -0.2) is 8.42 Å². The SMILES string of the molecule is C=CCN1C(=O)C(C)(C)COc2ccc(NS(=O)(=O)c3ccc(OCC)cc3)cc21. The molecule has 0 spiro atoms. The van der Waals surface area contributed by atoms with Crippen molar-refractivity contribution >= 4 is 27.3 Å². The summed E-state index contributed by atoms with van der Waals surface area (Å²) in [5, 5.41) is 0. The number of nitrogens with zero attached hydrogens (tertiary/aromatic N) is 1. The fourth-order valence-electron chi connectivity index (χ4n) is 3.11. The van der Waals surface area contributed by atoms with Gasteiger partial charge >= 0.3 is 0 Å². The molecule has 1 N–H and O–H groups in total. The van der Waals surface area contributed by atoms with E-state index in [1.807, 2.05) is 20.8 Å².